The third-order valence-electron chi connectivity index (χ3n) is 6.67. The van der Waals surface area contributed by atoms with Crippen molar-refractivity contribution in [2.45, 2.75) is 12.8 Å². The molecule has 4 unspecified atom stereocenters. The predicted octanol–water partition coefficient (Wildman–Crippen LogP) is 0.777. The number of nitrogens with two attached hydrogens (primary N) is 1. The number of imide groups is 1. The number of thiazole rings is 1. The van der Waals surface area contributed by atoms with E-state index < -0.39 is 0 Å². The molecule has 0 spiro atoms. The Morgan fingerprint density at radius 1 is 1.14 bits per heavy atom. The zero-order chi connectivity index (χ0) is 20.0. The predicted molar refractivity (Wildman–Crippen MR) is 111 cm³/mol. The van der Waals surface area contributed by atoms with E-state index in [1.165, 1.54) is 4.90 Å². The van der Waals surface area contributed by atoms with Crippen LogP contribution in [0, 0.1) is 23.7 Å². The number of aromatic nitrogens is 1. The van der Waals surface area contributed by atoms with Gasteiger partial charge in [0.05, 0.1) is 11.8 Å². The van der Waals surface area contributed by atoms with E-state index in [0.29, 0.717) is 25.5 Å². The number of guanidine groups is 1. The molecule has 4 atom stereocenters. The quantitative estimate of drug-likeness (QED) is 0.252. The van der Waals surface area contributed by atoms with E-state index in [9.17, 15) is 9.59 Å². The highest BCUT2D eigenvalue weighted by atomic mass is 32.1. The molecule has 1 saturated carbocycles. The SMILES string of the molecule is NC(=NCCCN1C(=O)C2C3C=CC(C3)C2C1=O)N1CCN(c2nccs2)CC1. The summed E-state index contributed by atoms with van der Waals surface area (Å²) in [5.74, 6) is 0.896. The van der Waals surface area contributed by atoms with Gasteiger partial charge in [-0.2, -0.15) is 0 Å². The van der Waals surface area contributed by atoms with Gasteiger partial charge in [0, 0.05) is 50.8 Å². The molecular weight excluding hydrogens is 388 g/mol. The maximum absolute atomic E-state index is 12.7. The first-order chi connectivity index (χ1) is 14.1. The Morgan fingerprint density at radius 3 is 2.45 bits per heavy atom. The van der Waals surface area contributed by atoms with Crippen LogP contribution in [0.3, 0.4) is 0 Å². The number of hydrogen-bond acceptors (Lipinski definition) is 6. The first-order valence-electron chi connectivity index (χ1n) is 10.4. The number of fused-ring (bicyclic) bond motifs is 5. The van der Waals surface area contributed by atoms with Crippen molar-refractivity contribution in [2.24, 2.45) is 34.4 Å². The Morgan fingerprint density at radius 2 is 1.83 bits per heavy atom. The van der Waals surface area contributed by atoms with Crippen molar-refractivity contribution in [1.29, 1.82) is 0 Å². The number of rotatable bonds is 5. The highest BCUT2D eigenvalue weighted by Crippen LogP contribution is 2.52. The van der Waals surface area contributed by atoms with Gasteiger partial charge in [-0.25, -0.2) is 4.98 Å². The Hall–Kier alpha value is -2.42. The molecule has 29 heavy (non-hydrogen) atoms. The number of hydrogen-bond donors (Lipinski definition) is 1. The minimum atomic E-state index is -0.111. The fourth-order valence-corrected chi connectivity index (χ4v) is 5.90. The molecule has 2 amide bonds. The van der Waals surface area contributed by atoms with Crippen molar-refractivity contribution in [3.05, 3.63) is 23.7 Å². The van der Waals surface area contributed by atoms with E-state index in [4.69, 9.17) is 5.73 Å². The van der Waals surface area contributed by atoms with Crippen LogP contribution in [-0.2, 0) is 9.59 Å². The van der Waals surface area contributed by atoms with Gasteiger partial charge >= 0.3 is 0 Å². The van der Waals surface area contributed by atoms with Gasteiger partial charge in [-0.15, -0.1) is 11.3 Å². The third kappa shape index (κ3) is 3.21. The van der Waals surface area contributed by atoms with Crippen LogP contribution >= 0.6 is 11.3 Å². The number of allylic oxidation sites excluding steroid dienone is 2. The van der Waals surface area contributed by atoms with E-state index in [2.05, 4.69) is 31.9 Å². The molecule has 154 valence electrons. The summed E-state index contributed by atoms with van der Waals surface area (Å²) < 4.78 is 0. The summed E-state index contributed by atoms with van der Waals surface area (Å²) in [5, 5.41) is 3.04. The molecule has 8 nitrogen and oxygen atoms in total. The second kappa shape index (κ2) is 7.44. The van der Waals surface area contributed by atoms with Crippen molar-refractivity contribution in [3.8, 4) is 0 Å². The lowest BCUT2D eigenvalue weighted by Crippen LogP contribution is -2.51. The summed E-state index contributed by atoms with van der Waals surface area (Å²) in [5.41, 5.74) is 6.17. The van der Waals surface area contributed by atoms with Crippen LogP contribution in [-0.4, -0.2) is 71.8 Å². The van der Waals surface area contributed by atoms with E-state index >= 15 is 0 Å². The zero-order valence-electron chi connectivity index (χ0n) is 16.3. The van der Waals surface area contributed by atoms with Crippen LogP contribution in [0.25, 0.3) is 0 Å². The van der Waals surface area contributed by atoms with Crippen LogP contribution in [0.5, 0.6) is 0 Å². The smallest absolute Gasteiger partial charge is 0.233 e. The molecule has 0 radical (unpaired) electrons. The van der Waals surface area contributed by atoms with Gasteiger partial charge in [0.15, 0.2) is 11.1 Å². The summed E-state index contributed by atoms with van der Waals surface area (Å²) in [6.45, 7) is 4.35. The molecule has 2 N–H and O–H groups in total. The minimum Gasteiger partial charge on any atom is -0.370 e. The van der Waals surface area contributed by atoms with Gasteiger partial charge in [0.25, 0.3) is 0 Å². The molecule has 2 bridgehead atoms. The molecular formula is C20H26N6O2S. The molecule has 3 heterocycles. The van der Waals surface area contributed by atoms with Crippen molar-refractivity contribution >= 4 is 34.2 Å². The molecule has 1 aromatic rings. The van der Waals surface area contributed by atoms with Crippen LogP contribution in [0.4, 0.5) is 5.13 Å². The third-order valence-corrected chi connectivity index (χ3v) is 7.50. The van der Waals surface area contributed by atoms with Gasteiger partial charge in [-0.3, -0.25) is 19.5 Å². The standard InChI is InChI=1S/C20H26N6O2S/c21-19(24-7-9-25(10-8-24)20-23-5-11-29-20)22-4-1-6-26-17(27)15-13-2-3-14(12-13)16(15)18(26)28/h2-3,5,11,13-16H,1,4,6-10,12H2,(H2,21,22). The molecule has 3 fully saturated rings. The Labute approximate surface area is 174 Å². The van der Waals surface area contributed by atoms with Gasteiger partial charge in [0.1, 0.15) is 0 Å². The summed E-state index contributed by atoms with van der Waals surface area (Å²) >= 11 is 1.65. The van der Waals surface area contributed by atoms with Crippen LogP contribution in [0.2, 0.25) is 0 Å². The molecule has 5 rings (SSSR count). The number of carbonyl (C=O) groups excluding carboxylic acids is 2. The van der Waals surface area contributed by atoms with Gasteiger partial charge in [-0.05, 0) is 24.7 Å². The molecule has 2 aliphatic carbocycles. The topological polar surface area (TPSA) is 95.1 Å². The van der Waals surface area contributed by atoms with E-state index in [1.54, 1.807) is 11.3 Å². The molecule has 9 heteroatoms. The second-order valence-corrected chi connectivity index (χ2v) is 9.08. The molecule has 1 aromatic heterocycles. The summed E-state index contributed by atoms with van der Waals surface area (Å²) in [4.78, 5) is 40.0. The number of anilines is 1. The first kappa shape index (κ1) is 18.6. The molecule has 2 saturated heterocycles. The first-order valence-corrected chi connectivity index (χ1v) is 11.2. The molecule has 4 aliphatic rings. The normalized spacial score (nSPS) is 31.3. The van der Waals surface area contributed by atoms with E-state index in [0.717, 1.165) is 37.7 Å². The highest BCUT2D eigenvalue weighted by molar-refractivity contribution is 7.13. The number of amides is 2. The average Bonchev–Trinajstić information content (AvgIpc) is 3.52. The Bertz CT molecular complexity index is 815. The maximum Gasteiger partial charge on any atom is 0.233 e. The van der Waals surface area contributed by atoms with Crippen molar-refractivity contribution in [3.63, 3.8) is 0 Å². The van der Waals surface area contributed by atoms with Crippen LogP contribution in [0.1, 0.15) is 12.8 Å². The van der Waals surface area contributed by atoms with E-state index in [-0.39, 0.29) is 35.5 Å². The lowest BCUT2D eigenvalue weighted by molar-refractivity contribution is -0.140. The molecule has 0 aromatic carbocycles. The number of likely N-dealkylation sites (tertiary alicyclic amines) is 1. The van der Waals surface area contributed by atoms with Crippen LogP contribution < -0.4 is 10.6 Å². The lowest BCUT2D eigenvalue weighted by Gasteiger charge is -2.35. The molecule has 2 aliphatic heterocycles. The van der Waals surface area contributed by atoms with Gasteiger partial charge in [0.2, 0.25) is 11.8 Å². The zero-order valence-corrected chi connectivity index (χ0v) is 17.1. The van der Waals surface area contributed by atoms with Crippen molar-refractivity contribution in [1.82, 2.24) is 14.8 Å². The van der Waals surface area contributed by atoms with Crippen molar-refractivity contribution < 1.29 is 9.59 Å². The highest BCUT2D eigenvalue weighted by Gasteiger charge is 2.58. The average molecular weight is 415 g/mol. The summed E-state index contributed by atoms with van der Waals surface area (Å²) in [6, 6.07) is 0. The summed E-state index contributed by atoms with van der Waals surface area (Å²) in [7, 11) is 0. The van der Waals surface area contributed by atoms with Gasteiger partial charge in [-0.1, -0.05) is 12.2 Å². The fourth-order valence-electron chi connectivity index (χ4n) is 5.21. The maximum atomic E-state index is 12.7. The number of piperazine rings is 1. The van der Waals surface area contributed by atoms with E-state index in [1.807, 2.05) is 11.6 Å². The lowest BCUT2D eigenvalue weighted by atomic mass is 9.85. The van der Waals surface area contributed by atoms with Crippen molar-refractivity contribution in [2.75, 3.05) is 44.2 Å². The summed E-state index contributed by atoms with van der Waals surface area (Å²) in [6.07, 6.45) is 7.70. The number of carbonyl (C=O) groups is 2. The largest absolute Gasteiger partial charge is 0.370 e. The Kier molecular flexibility index (Phi) is 4.77. The monoisotopic (exact) mass is 414 g/mol. The minimum absolute atomic E-state index is 0.0205. The van der Waals surface area contributed by atoms with Gasteiger partial charge < -0.3 is 15.5 Å². The second-order valence-electron chi connectivity index (χ2n) is 8.21. The van der Waals surface area contributed by atoms with Crippen LogP contribution in [0.15, 0.2) is 28.7 Å². The Balaban J connectivity index is 1.09. The number of nitrogens with zero attached hydrogens (tertiary/aromatic N) is 5. The number of aliphatic imine (C=N–C) groups is 1. The fraction of sp³-hybridized carbons (Fsp3) is 0.600.